The van der Waals surface area contributed by atoms with Gasteiger partial charge in [0.15, 0.2) is 16.6 Å². The number of aliphatic hydroxyl groups excluding tert-OH is 1. The Bertz CT molecular complexity index is 1710. The molecule has 1 atom stereocenters. The number of hydrogen-bond donors (Lipinski definition) is 1. The van der Waals surface area contributed by atoms with Crippen molar-refractivity contribution in [2.24, 2.45) is 0 Å². The summed E-state index contributed by atoms with van der Waals surface area (Å²) >= 11 is 1.26. The number of anilines is 1. The lowest BCUT2D eigenvalue weighted by atomic mass is 9.95. The van der Waals surface area contributed by atoms with Gasteiger partial charge >= 0.3 is 5.91 Å². The molecule has 3 aromatic carbocycles. The van der Waals surface area contributed by atoms with E-state index in [0.29, 0.717) is 64.6 Å². The van der Waals surface area contributed by atoms with Crippen LogP contribution in [0.1, 0.15) is 24.1 Å². The van der Waals surface area contributed by atoms with Crippen molar-refractivity contribution in [3.8, 4) is 23.0 Å². The van der Waals surface area contributed by atoms with E-state index in [4.69, 9.17) is 18.9 Å². The summed E-state index contributed by atoms with van der Waals surface area (Å²) in [5.41, 5.74) is 1.48. The van der Waals surface area contributed by atoms with Crippen LogP contribution in [0.15, 0.2) is 78.9 Å². The molecular formula is C31H26N2O7S. The van der Waals surface area contributed by atoms with Gasteiger partial charge in [-0.25, -0.2) is 4.98 Å². The maximum absolute atomic E-state index is 13.7. The zero-order valence-corrected chi connectivity index (χ0v) is 23.0. The first-order valence-corrected chi connectivity index (χ1v) is 13.9. The lowest BCUT2D eigenvalue weighted by Crippen LogP contribution is -2.29. The number of aromatic nitrogens is 1. The second-order valence-corrected chi connectivity index (χ2v) is 10.3. The highest BCUT2D eigenvalue weighted by Crippen LogP contribution is 2.46. The van der Waals surface area contributed by atoms with Crippen molar-refractivity contribution in [1.82, 2.24) is 4.98 Å². The number of ketones is 1. The molecule has 0 radical (unpaired) electrons. The fourth-order valence-electron chi connectivity index (χ4n) is 4.87. The van der Waals surface area contributed by atoms with Crippen molar-refractivity contribution in [1.29, 1.82) is 0 Å². The highest BCUT2D eigenvalue weighted by molar-refractivity contribution is 7.22. The molecule has 1 saturated heterocycles. The normalized spacial score (nSPS) is 17.6. The number of nitrogens with zero attached hydrogens (tertiary/aromatic N) is 2. The number of benzene rings is 3. The van der Waals surface area contributed by atoms with Crippen molar-refractivity contribution in [3.63, 3.8) is 0 Å². The van der Waals surface area contributed by atoms with Gasteiger partial charge in [-0.2, -0.15) is 0 Å². The summed E-state index contributed by atoms with van der Waals surface area (Å²) in [6.07, 6.45) is 1.62. The third kappa shape index (κ3) is 4.87. The molecule has 1 aromatic heterocycles. The fraction of sp³-hybridized carbons (Fsp3) is 0.194. The van der Waals surface area contributed by atoms with Crippen molar-refractivity contribution in [2.45, 2.75) is 13.0 Å². The van der Waals surface area contributed by atoms with Crippen molar-refractivity contribution in [2.75, 3.05) is 31.3 Å². The minimum atomic E-state index is -0.970. The maximum atomic E-state index is 13.7. The maximum Gasteiger partial charge on any atom is 0.301 e. The molecule has 1 amide bonds. The van der Waals surface area contributed by atoms with E-state index in [-0.39, 0.29) is 17.9 Å². The van der Waals surface area contributed by atoms with Crippen molar-refractivity contribution >= 4 is 44.1 Å². The van der Waals surface area contributed by atoms with E-state index in [0.717, 1.165) is 4.70 Å². The summed E-state index contributed by atoms with van der Waals surface area (Å²) in [5.74, 6) is 0.243. The van der Waals surface area contributed by atoms with Crippen LogP contribution >= 0.6 is 11.3 Å². The monoisotopic (exact) mass is 570 g/mol. The highest BCUT2D eigenvalue weighted by atomic mass is 32.1. The van der Waals surface area contributed by atoms with Gasteiger partial charge in [0, 0.05) is 5.56 Å². The average Bonchev–Trinajstić information content (AvgIpc) is 3.53. The van der Waals surface area contributed by atoms with Gasteiger partial charge < -0.3 is 24.1 Å². The molecule has 0 saturated carbocycles. The molecule has 0 spiro atoms. The van der Waals surface area contributed by atoms with Gasteiger partial charge in [0.2, 0.25) is 0 Å². The van der Waals surface area contributed by atoms with Crippen LogP contribution in [0.25, 0.3) is 16.0 Å². The summed E-state index contributed by atoms with van der Waals surface area (Å²) in [5, 5.41) is 11.9. The number of ether oxygens (including phenoxy) is 4. The first-order valence-electron chi connectivity index (χ1n) is 13.1. The van der Waals surface area contributed by atoms with Gasteiger partial charge in [0.1, 0.15) is 37.1 Å². The van der Waals surface area contributed by atoms with Gasteiger partial charge in [-0.15, -0.1) is 0 Å². The van der Waals surface area contributed by atoms with Crippen molar-refractivity contribution in [3.05, 3.63) is 90.0 Å². The Morgan fingerprint density at radius 1 is 1.07 bits per heavy atom. The third-order valence-corrected chi connectivity index (χ3v) is 7.68. The lowest BCUT2D eigenvalue weighted by molar-refractivity contribution is -0.132. The van der Waals surface area contributed by atoms with E-state index in [1.165, 1.54) is 16.2 Å². The largest absolute Gasteiger partial charge is 0.507 e. The number of carbonyl (C=O) groups excluding carboxylic acids is 2. The predicted molar refractivity (Wildman–Crippen MR) is 155 cm³/mol. The zero-order chi connectivity index (χ0) is 28.5. The molecule has 0 unspecified atom stereocenters. The van der Waals surface area contributed by atoms with Gasteiger partial charge in [-0.1, -0.05) is 36.1 Å². The summed E-state index contributed by atoms with van der Waals surface area (Å²) in [6.45, 7) is 7.16. The Labute approximate surface area is 239 Å². The Morgan fingerprint density at radius 3 is 2.68 bits per heavy atom. The number of aliphatic hydroxyl groups is 1. The number of fused-ring (bicyclic) bond motifs is 2. The molecule has 9 nitrogen and oxygen atoms in total. The van der Waals surface area contributed by atoms with Crippen LogP contribution in [0.3, 0.4) is 0 Å². The summed E-state index contributed by atoms with van der Waals surface area (Å²) in [4.78, 5) is 33.3. The molecule has 208 valence electrons. The number of amides is 1. The summed E-state index contributed by atoms with van der Waals surface area (Å²) < 4.78 is 23.4. The Balaban J connectivity index is 1.51. The smallest absolute Gasteiger partial charge is 0.301 e. The molecule has 0 bridgehead atoms. The number of rotatable bonds is 8. The molecule has 0 aliphatic carbocycles. The van der Waals surface area contributed by atoms with E-state index in [9.17, 15) is 14.7 Å². The third-order valence-electron chi connectivity index (χ3n) is 6.67. The standard InChI is InChI=1S/C31H26N2O7S/c1-3-12-38-20-7-5-6-18(15-20)27-26(28(34)19-8-11-23-24(16-19)40-14-13-39-23)29(35)30(36)33(27)31-32-22-10-9-21(37-4-2)17-25(22)41-31/h3,5-11,15-17,27,34H,1,4,12-14H2,2H3/b28-26+/t27-/m1/s1. The fourth-order valence-corrected chi connectivity index (χ4v) is 5.89. The van der Waals surface area contributed by atoms with Crippen LogP contribution in [0.2, 0.25) is 0 Å². The summed E-state index contributed by atoms with van der Waals surface area (Å²) in [7, 11) is 0. The van der Waals surface area contributed by atoms with Crippen LogP contribution in [-0.4, -0.2) is 48.2 Å². The average molecular weight is 571 g/mol. The predicted octanol–water partition coefficient (Wildman–Crippen LogP) is 5.66. The van der Waals surface area contributed by atoms with Crippen LogP contribution < -0.4 is 23.8 Å². The number of carbonyl (C=O) groups is 2. The van der Waals surface area contributed by atoms with Crippen molar-refractivity contribution < 1.29 is 33.6 Å². The topological polar surface area (TPSA) is 107 Å². The van der Waals surface area contributed by atoms with Gasteiger partial charge in [0.05, 0.1) is 28.4 Å². The first kappa shape index (κ1) is 26.4. The molecule has 1 N–H and O–H groups in total. The molecule has 1 fully saturated rings. The second-order valence-electron chi connectivity index (χ2n) is 9.26. The Morgan fingerprint density at radius 2 is 1.88 bits per heavy atom. The number of hydrogen-bond acceptors (Lipinski definition) is 9. The number of thiazole rings is 1. The molecule has 3 heterocycles. The van der Waals surface area contributed by atoms with E-state index in [1.807, 2.05) is 25.1 Å². The van der Waals surface area contributed by atoms with Crippen LogP contribution in [-0.2, 0) is 9.59 Å². The minimum Gasteiger partial charge on any atom is -0.507 e. The molecule has 10 heteroatoms. The molecule has 41 heavy (non-hydrogen) atoms. The Kier molecular flexibility index (Phi) is 7.07. The van der Waals surface area contributed by atoms with Crippen LogP contribution in [0, 0.1) is 0 Å². The van der Waals surface area contributed by atoms with E-state index < -0.39 is 17.7 Å². The SMILES string of the molecule is C=CCOc1cccc([C@@H]2/C(=C(\O)c3ccc4c(c3)OCCO4)C(=O)C(=O)N2c2nc3ccc(OCC)cc3s2)c1. The van der Waals surface area contributed by atoms with Crippen LogP contribution in [0.5, 0.6) is 23.0 Å². The summed E-state index contributed by atoms with van der Waals surface area (Å²) in [6, 6.07) is 16.5. The molecule has 6 rings (SSSR count). The molecule has 2 aliphatic rings. The Hall–Kier alpha value is -4.83. The second kappa shape index (κ2) is 11.0. The zero-order valence-electron chi connectivity index (χ0n) is 22.2. The van der Waals surface area contributed by atoms with Crippen LogP contribution in [0.4, 0.5) is 5.13 Å². The molecule has 4 aromatic rings. The molecular weight excluding hydrogens is 544 g/mol. The quantitative estimate of drug-likeness (QED) is 0.125. The first-order chi connectivity index (χ1) is 20.0. The van der Waals surface area contributed by atoms with E-state index in [2.05, 4.69) is 11.6 Å². The number of Topliss-reactive ketones (excluding diaryl/α,β-unsaturated/α-hetero) is 1. The lowest BCUT2D eigenvalue weighted by Gasteiger charge is -2.23. The van der Waals surface area contributed by atoms with E-state index >= 15 is 0 Å². The van der Waals surface area contributed by atoms with Gasteiger partial charge in [-0.3, -0.25) is 14.5 Å². The minimum absolute atomic E-state index is 0.0678. The molecule has 2 aliphatic heterocycles. The highest BCUT2D eigenvalue weighted by Gasteiger charge is 2.48. The van der Waals surface area contributed by atoms with Gasteiger partial charge in [-0.05, 0) is 61.0 Å². The van der Waals surface area contributed by atoms with E-state index in [1.54, 1.807) is 48.5 Å². The van der Waals surface area contributed by atoms with Gasteiger partial charge in [0.25, 0.3) is 5.78 Å².